The Bertz CT molecular complexity index is 389. The molecule has 1 aromatic rings. The lowest BCUT2D eigenvalue weighted by Crippen LogP contribution is -2.33. The van der Waals surface area contributed by atoms with Crippen molar-refractivity contribution in [2.45, 2.75) is 12.8 Å². The smallest absolute Gasteiger partial charge is 0.310 e. The first-order valence-corrected chi connectivity index (χ1v) is 5.84. The highest BCUT2D eigenvalue weighted by Crippen LogP contribution is 2.26. The molecule has 2 rings (SSSR count). The highest BCUT2D eigenvalue weighted by Gasteiger charge is 2.17. The van der Waals surface area contributed by atoms with Gasteiger partial charge < -0.3 is 10.1 Å². The van der Waals surface area contributed by atoms with Crippen LogP contribution >= 0.6 is 0 Å². The van der Waals surface area contributed by atoms with E-state index in [2.05, 4.69) is 5.32 Å². The SMILES string of the molecule is O=[N+]([O-])c1ccccc1OCC1CCCNC1. The van der Waals surface area contributed by atoms with E-state index >= 15 is 0 Å². The molecule has 1 aromatic carbocycles. The van der Waals surface area contributed by atoms with Crippen molar-refractivity contribution in [3.05, 3.63) is 34.4 Å². The standard InChI is InChI=1S/C12H16N2O3/c15-14(16)11-5-1-2-6-12(11)17-9-10-4-3-7-13-8-10/h1-2,5-6,10,13H,3-4,7-9H2. The molecule has 0 radical (unpaired) electrons. The van der Waals surface area contributed by atoms with Gasteiger partial charge in [0.1, 0.15) is 0 Å². The minimum Gasteiger partial charge on any atom is -0.486 e. The second-order valence-electron chi connectivity index (χ2n) is 4.25. The summed E-state index contributed by atoms with van der Waals surface area (Å²) in [5.41, 5.74) is 0.0382. The van der Waals surface area contributed by atoms with E-state index in [4.69, 9.17) is 4.74 Å². The number of nitro benzene ring substituents is 1. The summed E-state index contributed by atoms with van der Waals surface area (Å²) >= 11 is 0. The summed E-state index contributed by atoms with van der Waals surface area (Å²) in [4.78, 5) is 10.4. The monoisotopic (exact) mass is 236 g/mol. The minimum absolute atomic E-state index is 0.0382. The van der Waals surface area contributed by atoms with E-state index in [-0.39, 0.29) is 5.69 Å². The number of rotatable bonds is 4. The van der Waals surface area contributed by atoms with Gasteiger partial charge in [0.25, 0.3) is 0 Å². The molecule has 1 atom stereocenters. The van der Waals surface area contributed by atoms with E-state index in [1.165, 1.54) is 6.07 Å². The summed E-state index contributed by atoms with van der Waals surface area (Å²) in [6.45, 7) is 2.53. The van der Waals surface area contributed by atoms with Gasteiger partial charge in [-0.2, -0.15) is 0 Å². The molecular formula is C12H16N2O3. The quantitative estimate of drug-likeness (QED) is 0.641. The molecule has 0 aromatic heterocycles. The number of para-hydroxylation sites is 2. The molecule has 1 heterocycles. The molecule has 0 amide bonds. The maximum absolute atomic E-state index is 10.8. The Balaban J connectivity index is 1.96. The molecule has 0 spiro atoms. The van der Waals surface area contributed by atoms with Crippen molar-refractivity contribution in [3.8, 4) is 5.75 Å². The van der Waals surface area contributed by atoms with Gasteiger partial charge in [-0.05, 0) is 25.5 Å². The number of ether oxygens (including phenoxy) is 1. The predicted molar refractivity (Wildman–Crippen MR) is 64.2 cm³/mol. The van der Waals surface area contributed by atoms with E-state index < -0.39 is 4.92 Å². The molecular weight excluding hydrogens is 220 g/mol. The Kier molecular flexibility index (Phi) is 3.93. The Hall–Kier alpha value is -1.62. The van der Waals surface area contributed by atoms with Gasteiger partial charge in [-0.15, -0.1) is 0 Å². The van der Waals surface area contributed by atoms with Gasteiger partial charge in [0.2, 0.25) is 0 Å². The van der Waals surface area contributed by atoms with Crippen molar-refractivity contribution in [1.82, 2.24) is 5.32 Å². The van der Waals surface area contributed by atoms with Gasteiger partial charge in [-0.1, -0.05) is 12.1 Å². The zero-order valence-corrected chi connectivity index (χ0v) is 9.59. The fraction of sp³-hybridized carbons (Fsp3) is 0.500. The van der Waals surface area contributed by atoms with Crippen LogP contribution < -0.4 is 10.1 Å². The van der Waals surface area contributed by atoms with Crippen molar-refractivity contribution >= 4 is 5.69 Å². The molecule has 1 N–H and O–H groups in total. The van der Waals surface area contributed by atoms with Gasteiger partial charge in [0.15, 0.2) is 5.75 Å². The van der Waals surface area contributed by atoms with E-state index in [1.54, 1.807) is 18.2 Å². The van der Waals surface area contributed by atoms with Crippen LogP contribution in [-0.2, 0) is 0 Å². The Morgan fingerprint density at radius 2 is 2.29 bits per heavy atom. The number of piperidine rings is 1. The Morgan fingerprint density at radius 1 is 1.47 bits per heavy atom. The lowest BCUT2D eigenvalue weighted by atomic mass is 10.0. The first kappa shape index (κ1) is 11.9. The molecule has 92 valence electrons. The Morgan fingerprint density at radius 3 is 3.00 bits per heavy atom. The highest BCUT2D eigenvalue weighted by molar-refractivity contribution is 5.45. The second-order valence-corrected chi connectivity index (χ2v) is 4.25. The minimum atomic E-state index is -0.408. The molecule has 1 aliphatic heterocycles. The zero-order valence-electron chi connectivity index (χ0n) is 9.59. The van der Waals surface area contributed by atoms with Crippen LogP contribution in [0.4, 0.5) is 5.69 Å². The molecule has 1 saturated heterocycles. The third-order valence-electron chi connectivity index (χ3n) is 2.94. The van der Waals surface area contributed by atoms with Gasteiger partial charge in [0.05, 0.1) is 11.5 Å². The van der Waals surface area contributed by atoms with Crippen molar-refractivity contribution in [3.63, 3.8) is 0 Å². The third-order valence-corrected chi connectivity index (χ3v) is 2.94. The first-order valence-electron chi connectivity index (χ1n) is 5.84. The van der Waals surface area contributed by atoms with Crippen molar-refractivity contribution in [1.29, 1.82) is 0 Å². The maximum atomic E-state index is 10.8. The predicted octanol–water partition coefficient (Wildman–Crippen LogP) is 1.97. The first-order chi connectivity index (χ1) is 8.27. The zero-order chi connectivity index (χ0) is 12.1. The molecule has 1 aliphatic rings. The van der Waals surface area contributed by atoms with Crippen LogP contribution in [-0.4, -0.2) is 24.6 Å². The average molecular weight is 236 g/mol. The number of benzene rings is 1. The van der Waals surface area contributed by atoms with Crippen LogP contribution in [0.15, 0.2) is 24.3 Å². The van der Waals surface area contributed by atoms with Crippen molar-refractivity contribution in [2.24, 2.45) is 5.92 Å². The third kappa shape index (κ3) is 3.17. The van der Waals surface area contributed by atoms with E-state index in [0.29, 0.717) is 18.3 Å². The molecule has 17 heavy (non-hydrogen) atoms. The molecule has 0 saturated carbocycles. The summed E-state index contributed by atoms with van der Waals surface area (Å²) in [6.07, 6.45) is 2.26. The van der Waals surface area contributed by atoms with Crippen LogP contribution in [0.2, 0.25) is 0 Å². The molecule has 1 unspecified atom stereocenters. The fourth-order valence-electron chi connectivity index (χ4n) is 2.00. The summed E-state index contributed by atoms with van der Waals surface area (Å²) in [5, 5.41) is 14.1. The van der Waals surface area contributed by atoms with E-state index in [0.717, 1.165) is 25.9 Å². The summed E-state index contributed by atoms with van der Waals surface area (Å²) in [5.74, 6) is 0.812. The van der Waals surface area contributed by atoms with Gasteiger partial charge >= 0.3 is 5.69 Å². The number of nitrogens with one attached hydrogen (secondary N) is 1. The van der Waals surface area contributed by atoms with Crippen molar-refractivity contribution < 1.29 is 9.66 Å². The van der Waals surface area contributed by atoms with Crippen LogP contribution in [0.25, 0.3) is 0 Å². The van der Waals surface area contributed by atoms with Gasteiger partial charge in [-0.25, -0.2) is 0 Å². The molecule has 1 fully saturated rings. The molecule has 5 heteroatoms. The molecule has 5 nitrogen and oxygen atoms in total. The van der Waals surface area contributed by atoms with Crippen LogP contribution in [0.3, 0.4) is 0 Å². The average Bonchev–Trinajstić information content (AvgIpc) is 2.38. The number of hydrogen-bond acceptors (Lipinski definition) is 4. The lowest BCUT2D eigenvalue weighted by Gasteiger charge is -2.22. The van der Waals surface area contributed by atoms with E-state index in [9.17, 15) is 10.1 Å². The van der Waals surface area contributed by atoms with Crippen LogP contribution in [0.1, 0.15) is 12.8 Å². The Labute approximate surface area is 99.9 Å². The van der Waals surface area contributed by atoms with Crippen LogP contribution in [0.5, 0.6) is 5.75 Å². The van der Waals surface area contributed by atoms with Crippen LogP contribution in [0, 0.1) is 16.0 Å². The fourth-order valence-corrected chi connectivity index (χ4v) is 2.00. The number of nitrogens with zero attached hydrogens (tertiary/aromatic N) is 1. The highest BCUT2D eigenvalue weighted by atomic mass is 16.6. The van der Waals surface area contributed by atoms with Crippen molar-refractivity contribution in [2.75, 3.05) is 19.7 Å². The molecule has 0 bridgehead atoms. The topological polar surface area (TPSA) is 64.4 Å². The normalized spacial score (nSPS) is 19.9. The van der Waals surface area contributed by atoms with E-state index in [1.807, 2.05) is 0 Å². The number of nitro groups is 1. The lowest BCUT2D eigenvalue weighted by molar-refractivity contribution is -0.385. The summed E-state index contributed by atoms with van der Waals surface area (Å²) in [6, 6.07) is 6.51. The largest absolute Gasteiger partial charge is 0.486 e. The maximum Gasteiger partial charge on any atom is 0.310 e. The summed E-state index contributed by atoms with van der Waals surface area (Å²) in [7, 11) is 0. The number of hydrogen-bond donors (Lipinski definition) is 1. The summed E-state index contributed by atoms with van der Waals surface area (Å²) < 4.78 is 5.56. The van der Waals surface area contributed by atoms with Gasteiger partial charge in [0, 0.05) is 18.5 Å². The molecule has 0 aliphatic carbocycles. The second kappa shape index (κ2) is 5.63. The van der Waals surface area contributed by atoms with Gasteiger partial charge in [-0.3, -0.25) is 10.1 Å².